The highest BCUT2D eigenvalue weighted by Crippen LogP contribution is 2.42. The topological polar surface area (TPSA) is 107 Å². The number of nitrogens with zero attached hydrogens (tertiary/aromatic N) is 2. The normalized spacial score (nSPS) is 14.8. The van der Waals surface area contributed by atoms with E-state index in [2.05, 4.69) is 20.8 Å². The van der Waals surface area contributed by atoms with Crippen molar-refractivity contribution in [1.82, 2.24) is 25.7 Å². The Bertz CT molecular complexity index is 1400. The van der Waals surface area contributed by atoms with Crippen molar-refractivity contribution in [3.8, 4) is 0 Å². The van der Waals surface area contributed by atoms with E-state index in [0.717, 1.165) is 27.7 Å². The zero-order valence-corrected chi connectivity index (χ0v) is 18.5. The van der Waals surface area contributed by atoms with Gasteiger partial charge in [0.1, 0.15) is 0 Å². The Kier molecular flexibility index (Phi) is 5.55. The van der Waals surface area contributed by atoms with Crippen molar-refractivity contribution < 1.29 is 14.4 Å². The quantitative estimate of drug-likeness (QED) is 0.403. The number of aromatic amines is 1. The van der Waals surface area contributed by atoms with Crippen molar-refractivity contribution in [2.45, 2.75) is 19.4 Å². The van der Waals surface area contributed by atoms with Crippen LogP contribution in [0.4, 0.5) is 0 Å². The first-order valence-electron chi connectivity index (χ1n) is 11.0. The van der Waals surface area contributed by atoms with Crippen LogP contribution in [-0.4, -0.2) is 39.1 Å². The monoisotopic (exact) mass is 453 g/mol. The fourth-order valence-corrected chi connectivity index (χ4v) is 4.54. The second-order valence-electron chi connectivity index (χ2n) is 8.19. The molecule has 1 aliphatic heterocycles. The summed E-state index contributed by atoms with van der Waals surface area (Å²) < 4.78 is 0. The van der Waals surface area contributed by atoms with Crippen LogP contribution >= 0.6 is 0 Å². The number of hydrazine groups is 1. The average Bonchev–Trinajstić information content (AvgIpc) is 3.34. The molecule has 0 saturated heterocycles. The standard InChI is InChI=1S/C26H23N5O3/c1-16-23(20-10-4-5-11-21(20)28-16)24-18-8-2-3-9-19(18)26(34)31(24)14-12-22(32)29-30-25(33)17-7-6-13-27-15-17/h2-11,13,15,24,28H,12,14H2,1H3,(H,29,32)(H,30,33). The molecular formula is C26H23N5O3. The van der Waals surface area contributed by atoms with Gasteiger partial charge in [-0.2, -0.15) is 0 Å². The van der Waals surface area contributed by atoms with Crippen molar-refractivity contribution in [2.24, 2.45) is 0 Å². The number of aryl methyl sites for hydroxylation is 1. The summed E-state index contributed by atoms with van der Waals surface area (Å²) in [6, 6.07) is 18.5. The summed E-state index contributed by atoms with van der Waals surface area (Å²) in [7, 11) is 0. The lowest BCUT2D eigenvalue weighted by atomic mass is 9.95. The van der Waals surface area contributed by atoms with Gasteiger partial charge in [-0.3, -0.25) is 30.2 Å². The molecule has 2 aromatic heterocycles. The number of amides is 3. The van der Waals surface area contributed by atoms with E-state index in [1.807, 2.05) is 55.5 Å². The highest BCUT2D eigenvalue weighted by atomic mass is 16.2. The molecule has 8 nitrogen and oxygen atoms in total. The van der Waals surface area contributed by atoms with E-state index in [9.17, 15) is 14.4 Å². The third kappa shape index (κ3) is 3.79. The molecule has 0 aliphatic carbocycles. The van der Waals surface area contributed by atoms with Crippen LogP contribution in [0, 0.1) is 6.92 Å². The first-order valence-corrected chi connectivity index (χ1v) is 11.0. The molecule has 0 spiro atoms. The Labute approximate surface area is 196 Å². The molecule has 0 radical (unpaired) electrons. The minimum absolute atomic E-state index is 0.0327. The molecule has 5 rings (SSSR count). The zero-order valence-electron chi connectivity index (χ0n) is 18.5. The molecule has 1 unspecified atom stereocenters. The van der Waals surface area contributed by atoms with E-state index < -0.39 is 11.8 Å². The van der Waals surface area contributed by atoms with Gasteiger partial charge >= 0.3 is 0 Å². The SMILES string of the molecule is Cc1[nH]c2ccccc2c1C1c2ccccc2C(=O)N1CCC(=O)NNC(=O)c1cccnc1. The molecule has 1 aliphatic rings. The third-order valence-electron chi connectivity index (χ3n) is 6.09. The number of para-hydroxylation sites is 1. The fraction of sp³-hybridized carbons (Fsp3) is 0.154. The van der Waals surface area contributed by atoms with Crippen LogP contribution in [0.15, 0.2) is 73.1 Å². The maximum Gasteiger partial charge on any atom is 0.271 e. The van der Waals surface area contributed by atoms with Crippen LogP contribution in [0.1, 0.15) is 50.0 Å². The molecule has 170 valence electrons. The number of aromatic nitrogens is 2. The summed E-state index contributed by atoms with van der Waals surface area (Å²) in [5.74, 6) is -0.966. The van der Waals surface area contributed by atoms with Crippen LogP contribution in [0.5, 0.6) is 0 Å². The zero-order chi connectivity index (χ0) is 23.7. The van der Waals surface area contributed by atoms with Crippen molar-refractivity contribution in [2.75, 3.05) is 6.54 Å². The highest BCUT2D eigenvalue weighted by Gasteiger charge is 2.39. The second kappa shape index (κ2) is 8.82. The van der Waals surface area contributed by atoms with E-state index >= 15 is 0 Å². The smallest absolute Gasteiger partial charge is 0.271 e. The Morgan fingerprint density at radius 1 is 1.03 bits per heavy atom. The van der Waals surface area contributed by atoms with Gasteiger partial charge < -0.3 is 9.88 Å². The van der Waals surface area contributed by atoms with E-state index in [1.54, 1.807) is 23.2 Å². The van der Waals surface area contributed by atoms with Gasteiger partial charge in [0.15, 0.2) is 0 Å². The van der Waals surface area contributed by atoms with Crippen LogP contribution in [-0.2, 0) is 4.79 Å². The molecule has 4 aromatic rings. The summed E-state index contributed by atoms with van der Waals surface area (Å²) >= 11 is 0. The minimum Gasteiger partial charge on any atom is -0.358 e. The maximum absolute atomic E-state index is 13.3. The number of fused-ring (bicyclic) bond motifs is 2. The molecule has 8 heteroatoms. The van der Waals surface area contributed by atoms with Crippen molar-refractivity contribution >= 4 is 28.6 Å². The Balaban J connectivity index is 1.36. The van der Waals surface area contributed by atoms with Crippen LogP contribution in [0.25, 0.3) is 10.9 Å². The third-order valence-corrected chi connectivity index (χ3v) is 6.09. The summed E-state index contributed by atoms with van der Waals surface area (Å²) in [6.45, 7) is 2.20. The first-order chi connectivity index (χ1) is 16.5. The molecule has 34 heavy (non-hydrogen) atoms. The molecule has 2 aromatic carbocycles. The Hall–Kier alpha value is -4.46. The predicted molar refractivity (Wildman–Crippen MR) is 127 cm³/mol. The van der Waals surface area contributed by atoms with Crippen molar-refractivity contribution in [1.29, 1.82) is 0 Å². The number of rotatable bonds is 5. The predicted octanol–water partition coefficient (Wildman–Crippen LogP) is 3.27. The second-order valence-corrected chi connectivity index (χ2v) is 8.19. The van der Waals surface area contributed by atoms with E-state index in [0.29, 0.717) is 11.1 Å². The summed E-state index contributed by atoms with van der Waals surface area (Å²) in [5.41, 5.74) is 9.72. The number of H-pyrrole nitrogens is 1. The van der Waals surface area contributed by atoms with Gasteiger partial charge in [0.25, 0.3) is 11.8 Å². The van der Waals surface area contributed by atoms with Crippen LogP contribution < -0.4 is 10.9 Å². The highest BCUT2D eigenvalue weighted by molar-refractivity contribution is 6.01. The number of carbonyl (C=O) groups excluding carboxylic acids is 3. The molecular weight excluding hydrogens is 430 g/mol. The lowest BCUT2D eigenvalue weighted by Crippen LogP contribution is -2.43. The fourth-order valence-electron chi connectivity index (χ4n) is 4.54. The molecule has 0 saturated carbocycles. The number of hydrogen-bond acceptors (Lipinski definition) is 4. The number of carbonyl (C=O) groups is 3. The van der Waals surface area contributed by atoms with Gasteiger partial charge in [-0.15, -0.1) is 0 Å². The average molecular weight is 454 g/mol. The molecule has 3 heterocycles. The van der Waals surface area contributed by atoms with Crippen molar-refractivity contribution in [3.05, 3.63) is 101 Å². The van der Waals surface area contributed by atoms with E-state index in [1.165, 1.54) is 6.20 Å². The Morgan fingerprint density at radius 3 is 2.65 bits per heavy atom. The van der Waals surface area contributed by atoms with E-state index in [4.69, 9.17) is 0 Å². The van der Waals surface area contributed by atoms with E-state index in [-0.39, 0.29) is 24.9 Å². The number of hydrogen-bond donors (Lipinski definition) is 3. The molecule has 3 N–H and O–H groups in total. The van der Waals surface area contributed by atoms with Gasteiger partial charge in [-0.25, -0.2) is 0 Å². The molecule has 0 fully saturated rings. The van der Waals surface area contributed by atoms with Crippen LogP contribution in [0.3, 0.4) is 0 Å². The number of benzene rings is 2. The number of nitrogens with one attached hydrogen (secondary N) is 3. The van der Waals surface area contributed by atoms with Gasteiger partial charge in [0, 0.05) is 53.1 Å². The van der Waals surface area contributed by atoms with Gasteiger partial charge in [0.2, 0.25) is 5.91 Å². The van der Waals surface area contributed by atoms with Gasteiger partial charge in [0.05, 0.1) is 11.6 Å². The molecule has 1 atom stereocenters. The lowest BCUT2D eigenvalue weighted by Gasteiger charge is -2.26. The summed E-state index contributed by atoms with van der Waals surface area (Å²) in [6.07, 6.45) is 3.01. The Morgan fingerprint density at radius 2 is 1.82 bits per heavy atom. The van der Waals surface area contributed by atoms with Gasteiger partial charge in [-0.05, 0) is 36.8 Å². The largest absolute Gasteiger partial charge is 0.358 e. The molecule has 3 amide bonds. The molecule has 0 bridgehead atoms. The maximum atomic E-state index is 13.3. The summed E-state index contributed by atoms with van der Waals surface area (Å²) in [5, 5.41) is 1.05. The lowest BCUT2D eigenvalue weighted by molar-refractivity contribution is -0.122. The number of pyridine rings is 1. The first kappa shape index (κ1) is 21.4. The minimum atomic E-state index is -0.460. The van der Waals surface area contributed by atoms with Crippen molar-refractivity contribution in [3.63, 3.8) is 0 Å². The summed E-state index contributed by atoms with van der Waals surface area (Å²) in [4.78, 5) is 47.0. The van der Waals surface area contributed by atoms with Crippen LogP contribution in [0.2, 0.25) is 0 Å². The van der Waals surface area contributed by atoms with Gasteiger partial charge in [-0.1, -0.05) is 36.4 Å².